The molecule has 0 aliphatic heterocycles. The molecule has 0 fully saturated rings. The summed E-state index contributed by atoms with van der Waals surface area (Å²) in [5.74, 6) is -3.15. The van der Waals surface area contributed by atoms with Gasteiger partial charge in [-0.25, -0.2) is 4.79 Å². The van der Waals surface area contributed by atoms with Crippen LogP contribution in [-0.2, 0) is 38.2 Å². The van der Waals surface area contributed by atoms with Crippen LogP contribution >= 0.6 is 0 Å². The highest BCUT2D eigenvalue weighted by molar-refractivity contribution is 5.90. The molecule has 308 valence electrons. The van der Waals surface area contributed by atoms with Gasteiger partial charge in [-0.3, -0.25) is 24.0 Å². The van der Waals surface area contributed by atoms with Crippen LogP contribution in [0, 0.1) is 10.8 Å². The van der Waals surface area contributed by atoms with E-state index in [1.165, 1.54) is 0 Å². The number of carbonyl (C=O) groups is 6. The molecule has 0 rings (SSSR count). The number of carbonyl (C=O) groups excluding carboxylic acids is 4. The Morgan fingerprint density at radius 3 is 1.77 bits per heavy atom. The lowest BCUT2D eigenvalue weighted by Gasteiger charge is -2.30. The van der Waals surface area contributed by atoms with Crippen molar-refractivity contribution in [1.82, 2.24) is 21.3 Å². The number of rotatable bonds is 33. The summed E-state index contributed by atoms with van der Waals surface area (Å²) in [7, 11) is 1.70. The van der Waals surface area contributed by atoms with E-state index in [1.807, 2.05) is 48.5 Å². The number of hydrogen-bond acceptors (Lipinski definition) is 11. The summed E-state index contributed by atoms with van der Waals surface area (Å²) in [6.07, 6.45) is 4.41. The van der Waals surface area contributed by atoms with Crippen molar-refractivity contribution in [3.05, 3.63) is 0 Å². The summed E-state index contributed by atoms with van der Waals surface area (Å²) in [6, 6.07) is -1.58. The molecule has 15 nitrogen and oxygen atoms in total. The Labute approximate surface area is 317 Å². The van der Waals surface area contributed by atoms with E-state index in [9.17, 15) is 33.9 Å². The van der Waals surface area contributed by atoms with Gasteiger partial charge in [0.2, 0.25) is 11.8 Å². The maximum atomic E-state index is 13.2. The van der Waals surface area contributed by atoms with Gasteiger partial charge < -0.3 is 46.7 Å². The van der Waals surface area contributed by atoms with Crippen molar-refractivity contribution >= 4 is 35.3 Å². The molecule has 0 radical (unpaired) electrons. The van der Waals surface area contributed by atoms with Gasteiger partial charge in [0.25, 0.3) is 0 Å². The number of primary amides is 1. The zero-order valence-electron chi connectivity index (χ0n) is 33.9. The Kier molecular flexibility index (Phi) is 23.1. The number of carboxylic acid groups (broad SMARTS) is 2. The molecule has 3 unspecified atom stereocenters. The second-order valence-electron chi connectivity index (χ2n) is 16.0. The van der Waals surface area contributed by atoms with Crippen molar-refractivity contribution in [2.75, 3.05) is 46.6 Å². The minimum absolute atomic E-state index is 0.0160. The molecular weight excluding hydrogens is 686 g/mol. The van der Waals surface area contributed by atoms with Gasteiger partial charge in [0.05, 0.1) is 43.4 Å². The highest BCUT2D eigenvalue weighted by atomic mass is 16.5. The standard InChI is InChI=1S/C38H71N5O10/c1-10-37(7,29(44)16-15-28(34(50)51)43-31(46)24-35(3,4)17-18-36(5,6)25-32(47)48)42-20-21-52-22-23-53-26-30(45)38(8,11-2)41-19-13-12-14-27(40-9)33(39)49/h27-28,40-42H,10-26H2,1-9H3,(H2,39,49)(H,43,46)(H,47,48)(H,50,51)/t27-,28?,37?,38?/m0/s1. The first kappa shape index (κ1) is 50.0. The lowest BCUT2D eigenvalue weighted by atomic mass is 9.76. The zero-order valence-corrected chi connectivity index (χ0v) is 33.9. The first-order chi connectivity index (χ1) is 24.6. The third-order valence-corrected chi connectivity index (χ3v) is 10.2. The number of likely N-dealkylation sites (N-methyl/N-ethyl adjacent to an activating group) is 1. The number of unbranched alkanes of at least 4 members (excludes halogenated alkanes) is 1. The first-order valence-electron chi connectivity index (χ1n) is 19.0. The largest absolute Gasteiger partial charge is 0.481 e. The lowest BCUT2D eigenvalue weighted by molar-refractivity contribution is -0.142. The molecule has 0 aromatic heterocycles. The summed E-state index contributed by atoms with van der Waals surface area (Å²) in [6.45, 7) is 16.6. The average molecular weight is 758 g/mol. The third-order valence-electron chi connectivity index (χ3n) is 10.2. The van der Waals surface area contributed by atoms with Gasteiger partial charge in [-0.05, 0) is 83.2 Å². The van der Waals surface area contributed by atoms with E-state index in [4.69, 9.17) is 20.3 Å². The monoisotopic (exact) mass is 758 g/mol. The fraction of sp³-hybridized carbons (Fsp3) is 0.842. The fourth-order valence-electron chi connectivity index (χ4n) is 5.80. The number of ether oxygens (including phenoxy) is 2. The van der Waals surface area contributed by atoms with Crippen LogP contribution in [0.5, 0.6) is 0 Å². The molecule has 0 bridgehead atoms. The molecule has 0 saturated heterocycles. The smallest absolute Gasteiger partial charge is 0.326 e. The molecule has 4 atom stereocenters. The van der Waals surface area contributed by atoms with Crippen LogP contribution in [0.15, 0.2) is 0 Å². The van der Waals surface area contributed by atoms with Crippen molar-refractivity contribution in [3.8, 4) is 0 Å². The molecule has 0 heterocycles. The predicted octanol–water partition coefficient (Wildman–Crippen LogP) is 2.97. The third kappa shape index (κ3) is 20.9. The van der Waals surface area contributed by atoms with E-state index in [0.717, 1.165) is 12.8 Å². The fourth-order valence-corrected chi connectivity index (χ4v) is 5.80. The van der Waals surface area contributed by atoms with Gasteiger partial charge in [-0.15, -0.1) is 0 Å². The van der Waals surface area contributed by atoms with Gasteiger partial charge in [0.15, 0.2) is 11.6 Å². The summed E-state index contributed by atoms with van der Waals surface area (Å²) >= 11 is 0. The van der Waals surface area contributed by atoms with Gasteiger partial charge in [-0.1, -0.05) is 48.0 Å². The van der Waals surface area contributed by atoms with Crippen molar-refractivity contribution in [1.29, 1.82) is 0 Å². The second-order valence-corrected chi connectivity index (χ2v) is 16.0. The Balaban J connectivity index is 4.61. The number of amides is 2. The molecule has 0 spiro atoms. The van der Waals surface area contributed by atoms with Gasteiger partial charge in [0, 0.05) is 19.4 Å². The minimum atomic E-state index is -1.22. The average Bonchev–Trinajstić information content (AvgIpc) is 3.06. The van der Waals surface area contributed by atoms with Crippen molar-refractivity contribution in [3.63, 3.8) is 0 Å². The van der Waals surface area contributed by atoms with Gasteiger partial charge in [-0.2, -0.15) is 0 Å². The number of Topliss-reactive ketones (excluding diaryl/α,β-unsaturated/α-hetero) is 2. The van der Waals surface area contributed by atoms with E-state index < -0.39 is 45.8 Å². The molecule has 15 heteroatoms. The highest BCUT2D eigenvalue weighted by Crippen LogP contribution is 2.35. The van der Waals surface area contributed by atoms with Crippen LogP contribution < -0.4 is 27.0 Å². The molecule has 0 saturated carbocycles. The minimum Gasteiger partial charge on any atom is -0.481 e. The molecule has 0 aromatic rings. The van der Waals surface area contributed by atoms with Crippen LogP contribution in [0.1, 0.15) is 126 Å². The Morgan fingerprint density at radius 1 is 0.698 bits per heavy atom. The second kappa shape index (κ2) is 24.4. The predicted molar refractivity (Wildman–Crippen MR) is 203 cm³/mol. The molecule has 53 heavy (non-hydrogen) atoms. The summed E-state index contributed by atoms with van der Waals surface area (Å²) in [4.78, 5) is 73.3. The molecule has 0 aromatic carbocycles. The van der Waals surface area contributed by atoms with Gasteiger partial charge in [0.1, 0.15) is 12.6 Å². The van der Waals surface area contributed by atoms with Gasteiger partial charge >= 0.3 is 11.9 Å². The van der Waals surface area contributed by atoms with Crippen LogP contribution in [0.25, 0.3) is 0 Å². The Bertz CT molecular complexity index is 1180. The molecule has 2 amide bonds. The molecule has 0 aliphatic rings. The molecule has 0 aliphatic carbocycles. The first-order valence-corrected chi connectivity index (χ1v) is 19.0. The van der Waals surface area contributed by atoms with E-state index in [0.29, 0.717) is 45.2 Å². The lowest BCUT2D eigenvalue weighted by Crippen LogP contribution is -2.51. The van der Waals surface area contributed by atoms with Crippen molar-refractivity contribution < 1.29 is 48.5 Å². The van der Waals surface area contributed by atoms with E-state index in [1.54, 1.807) is 14.0 Å². The number of aliphatic carboxylic acids is 2. The summed E-state index contributed by atoms with van der Waals surface area (Å²) < 4.78 is 11.2. The number of ketones is 2. The van der Waals surface area contributed by atoms with Crippen LogP contribution in [-0.4, -0.2) is 115 Å². The maximum absolute atomic E-state index is 13.2. The Morgan fingerprint density at radius 2 is 1.25 bits per heavy atom. The number of nitrogens with two attached hydrogens (primary N) is 1. The normalized spacial score (nSPS) is 15.5. The maximum Gasteiger partial charge on any atom is 0.326 e. The van der Waals surface area contributed by atoms with Crippen molar-refractivity contribution in [2.45, 2.75) is 149 Å². The van der Waals surface area contributed by atoms with Crippen LogP contribution in [0.4, 0.5) is 0 Å². The van der Waals surface area contributed by atoms with E-state index in [2.05, 4.69) is 21.3 Å². The molecular formula is C38H71N5O10. The van der Waals surface area contributed by atoms with Crippen molar-refractivity contribution in [2.24, 2.45) is 16.6 Å². The SMILES string of the molecule is CCC(C)(NCCOCCOCC(=O)C(C)(CC)NCCCC[C@H](NC)C(N)=O)C(=O)CCC(NC(=O)CC(C)(C)CCC(C)(C)CC(=O)O)C(=O)O. The number of nitrogens with one attached hydrogen (secondary N) is 4. The number of carboxylic acids is 2. The quantitative estimate of drug-likeness (QED) is 0.0478. The van der Waals surface area contributed by atoms with E-state index >= 15 is 0 Å². The zero-order chi connectivity index (χ0) is 40.9. The number of hydrogen-bond donors (Lipinski definition) is 7. The van der Waals surface area contributed by atoms with Crippen LogP contribution in [0.2, 0.25) is 0 Å². The molecule has 8 N–H and O–H groups in total. The summed E-state index contributed by atoms with van der Waals surface area (Å²) in [5.41, 5.74) is 2.79. The highest BCUT2D eigenvalue weighted by Gasteiger charge is 2.33. The summed E-state index contributed by atoms with van der Waals surface area (Å²) in [5, 5.41) is 30.9. The Hall–Kier alpha value is -2.98. The topological polar surface area (TPSA) is 235 Å². The van der Waals surface area contributed by atoms with E-state index in [-0.39, 0.29) is 75.6 Å². The van der Waals surface area contributed by atoms with Crippen LogP contribution in [0.3, 0.4) is 0 Å².